The van der Waals surface area contributed by atoms with Gasteiger partial charge in [0.2, 0.25) is 0 Å². The van der Waals surface area contributed by atoms with E-state index in [1.165, 1.54) is 5.56 Å². The second-order valence-corrected chi connectivity index (χ2v) is 6.19. The smallest absolute Gasteiger partial charge is 0.317 e. The second kappa shape index (κ2) is 6.40. The Balaban J connectivity index is 2.08. The molecule has 20 heavy (non-hydrogen) atoms. The lowest BCUT2D eigenvalue weighted by molar-refractivity contribution is -0.138. The van der Waals surface area contributed by atoms with E-state index in [1.807, 2.05) is 6.07 Å². The summed E-state index contributed by atoms with van der Waals surface area (Å²) >= 11 is 0. The Bertz CT molecular complexity index is 446. The van der Waals surface area contributed by atoms with Gasteiger partial charge >= 0.3 is 5.97 Å². The highest BCUT2D eigenvalue weighted by molar-refractivity contribution is 5.69. The third-order valence-electron chi connectivity index (χ3n) is 4.55. The molecule has 0 saturated heterocycles. The predicted molar refractivity (Wildman–Crippen MR) is 80.9 cm³/mol. The van der Waals surface area contributed by atoms with Gasteiger partial charge in [0.1, 0.15) is 0 Å². The summed E-state index contributed by atoms with van der Waals surface area (Å²) in [5.74, 6) is -0.716. The lowest BCUT2D eigenvalue weighted by Gasteiger charge is -2.30. The molecule has 0 heterocycles. The quantitative estimate of drug-likeness (QED) is 0.866. The van der Waals surface area contributed by atoms with Crippen LogP contribution in [-0.2, 0) is 10.2 Å². The molecule has 2 unspecified atom stereocenters. The first-order valence-electron chi connectivity index (χ1n) is 7.56. The number of hydrogen-bond acceptors (Lipinski definition) is 2. The minimum atomic E-state index is -0.716. The Morgan fingerprint density at radius 1 is 1.40 bits per heavy atom. The van der Waals surface area contributed by atoms with Crippen LogP contribution in [0, 0.1) is 0 Å². The number of benzene rings is 1. The number of aliphatic carboxylic acids is 1. The highest BCUT2D eigenvalue weighted by atomic mass is 16.4. The maximum atomic E-state index is 11.0. The molecule has 1 N–H and O–H groups in total. The molecule has 0 radical (unpaired) electrons. The zero-order chi connectivity index (χ0) is 14.6. The van der Waals surface area contributed by atoms with Crippen LogP contribution in [0.5, 0.6) is 0 Å². The lowest BCUT2D eigenvalue weighted by Crippen LogP contribution is -2.39. The molecule has 2 atom stereocenters. The van der Waals surface area contributed by atoms with E-state index in [1.54, 1.807) is 0 Å². The summed E-state index contributed by atoms with van der Waals surface area (Å²) < 4.78 is 0. The molecular formula is C17H25NO2. The fraction of sp³-hybridized carbons (Fsp3) is 0.588. The highest BCUT2D eigenvalue weighted by Crippen LogP contribution is 2.42. The molecule has 3 nitrogen and oxygen atoms in total. The van der Waals surface area contributed by atoms with Gasteiger partial charge in [-0.25, -0.2) is 0 Å². The summed E-state index contributed by atoms with van der Waals surface area (Å²) in [6, 6.07) is 11.0. The molecular weight excluding hydrogens is 250 g/mol. The number of rotatable bonds is 6. The Morgan fingerprint density at radius 3 is 2.70 bits per heavy atom. The van der Waals surface area contributed by atoms with Crippen molar-refractivity contribution in [1.82, 2.24) is 4.90 Å². The van der Waals surface area contributed by atoms with Crippen LogP contribution >= 0.6 is 0 Å². The minimum Gasteiger partial charge on any atom is -0.480 e. The van der Waals surface area contributed by atoms with Gasteiger partial charge in [-0.1, -0.05) is 44.2 Å². The van der Waals surface area contributed by atoms with Crippen LogP contribution in [0.15, 0.2) is 30.3 Å². The van der Waals surface area contributed by atoms with Gasteiger partial charge in [0, 0.05) is 6.04 Å². The number of carboxylic acid groups (broad SMARTS) is 1. The van der Waals surface area contributed by atoms with Crippen LogP contribution in [0.3, 0.4) is 0 Å². The van der Waals surface area contributed by atoms with Crippen molar-refractivity contribution in [2.45, 2.75) is 51.0 Å². The normalized spacial score (nSPS) is 26.1. The van der Waals surface area contributed by atoms with Crippen LogP contribution in [0.25, 0.3) is 0 Å². The van der Waals surface area contributed by atoms with Crippen molar-refractivity contribution in [3.8, 4) is 0 Å². The minimum absolute atomic E-state index is 0.170. The lowest BCUT2D eigenvalue weighted by atomic mass is 9.81. The Morgan fingerprint density at radius 2 is 2.10 bits per heavy atom. The van der Waals surface area contributed by atoms with Crippen LogP contribution in [-0.4, -0.2) is 35.1 Å². The molecule has 0 bridgehead atoms. The Labute approximate surface area is 121 Å². The van der Waals surface area contributed by atoms with E-state index in [0.717, 1.165) is 32.2 Å². The van der Waals surface area contributed by atoms with Gasteiger partial charge < -0.3 is 5.11 Å². The molecule has 1 aromatic rings. The molecule has 1 fully saturated rings. The van der Waals surface area contributed by atoms with E-state index < -0.39 is 5.97 Å². The highest BCUT2D eigenvalue weighted by Gasteiger charge is 2.38. The van der Waals surface area contributed by atoms with Crippen LogP contribution in [0.1, 0.15) is 45.1 Å². The first-order valence-corrected chi connectivity index (χ1v) is 7.56. The maximum absolute atomic E-state index is 11.0. The van der Waals surface area contributed by atoms with Gasteiger partial charge in [-0.15, -0.1) is 0 Å². The maximum Gasteiger partial charge on any atom is 0.317 e. The van der Waals surface area contributed by atoms with Crippen molar-refractivity contribution in [3.63, 3.8) is 0 Å². The third-order valence-corrected chi connectivity index (χ3v) is 4.55. The zero-order valence-electron chi connectivity index (χ0n) is 12.5. The van der Waals surface area contributed by atoms with Crippen LogP contribution in [0.2, 0.25) is 0 Å². The first kappa shape index (κ1) is 15.0. The number of nitrogens with zero attached hydrogens (tertiary/aromatic N) is 1. The number of carboxylic acids is 1. The summed E-state index contributed by atoms with van der Waals surface area (Å²) in [4.78, 5) is 13.2. The van der Waals surface area contributed by atoms with Gasteiger partial charge in [-0.2, -0.15) is 0 Å². The zero-order valence-corrected chi connectivity index (χ0v) is 12.5. The molecule has 1 aliphatic rings. The molecule has 2 rings (SSSR count). The van der Waals surface area contributed by atoms with Crippen LogP contribution in [0.4, 0.5) is 0 Å². The van der Waals surface area contributed by atoms with E-state index in [-0.39, 0.29) is 12.0 Å². The van der Waals surface area contributed by atoms with Gasteiger partial charge in [0.25, 0.3) is 0 Å². The van der Waals surface area contributed by atoms with Crippen molar-refractivity contribution in [1.29, 1.82) is 0 Å². The standard InChI is InChI=1S/C17H25NO2/c1-3-11-18(13-16(19)20)15-9-10-17(2,12-15)14-7-5-4-6-8-14/h4-8,15H,3,9-13H2,1-2H3,(H,19,20). The SMILES string of the molecule is CCCN(CC(=O)O)C1CCC(C)(c2ccccc2)C1. The van der Waals surface area contributed by atoms with Gasteiger partial charge in [-0.3, -0.25) is 9.69 Å². The largest absolute Gasteiger partial charge is 0.480 e. The Hall–Kier alpha value is -1.35. The monoisotopic (exact) mass is 275 g/mol. The summed E-state index contributed by atoms with van der Waals surface area (Å²) in [6.45, 7) is 5.47. The first-order chi connectivity index (χ1) is 9.55. The van der Waals surface area contributed by atoms with E-state index in [4.69, 9.17) is 5.11 Å². The van der Waals surface area contributed by atoms with Crippen molar-refractivity contribution < 1.29 is 9.90 Å². The van der Waals surface area contributed by atoms with Crippen molar-refractivity contribution >= 4 is 5.97 Å². The van der Waals surface area contributed by atoms with E-state index >= 15 is 0 Å². The van der Waals surface area contributed by atoms with Crippen molar-refractivity contribution in [3.05, 3.63) is 35.9 Å². The van der Waals surface area contributed by atoms with Crippen LogP contribution < -0.4 is 0 Å². The molecule has 0 amide bonds. The molecule has 0 spiro atoms. The van der Waals surface area contributed by atoms with Crippen molar-refractivity contribution in [2.24, 2.45) is 0 Å². The van der Waals surface area contributed by atoms with Gasteiger partial charge in [-0.05, 0) is 43.2 Å². The Kier molecular flexibility index (Phi) is 4.81. The third kappa shape index (κ3) is 3.40. The number of carbonyl (C=O) groups is 1. The van der Waals surface area contributed by atoms with Gasteiger partial charge in [0.15, 0.2) is 0 Å². The predicted octanol–water partition coefficient (Wildman–Crippen LogP) is 3.29. The summed E-state index contributed by atoms with van der Waals surface area (Å²) in [5, 5.41) is 9.08. The van der Waals surface area contributed by atoms with E-state index in [9.17, 15) is 4.79 Å². The summed E-state index contributed by atoms with van der Waals surface area (Å²) in [7, 11) is 0. The molecule has 1 aromatic carbocycles. The van der Waals surface area contributed by atoms with Gasteiger partial charge in [0.05, 0.1) is 6.54 Å². The molecule has 0 aliphatic heterocycles. The average molecular weight is 275 g/mol. The average Bonchev–Trinajstić information content (AvgIpc) is 2.83. The molecule has 0 aromatic heterocycles. The number of hydrogen-bond donors (Lipinski definition) is 1. The summed E-state index contributed by atoms with van der Waals surface area (Å²) in [5.41, 5.74) is 1.57. The van der Waals surface area contributed by atoms with Crippen molar-refractivity contribution in [2.75, 3.05) is 13.1 Å². The fourth-order valence-corrected chi connectivity index (χ4v) is 3.48. The molecule has 110 valence electrons. The fourth-order valence-electron chi connectivity index (χ4n) is 3.48. The second-order valence-electron chi connectivity index (χ2n) is 6.19. The molecule has 1 aliphatic carbocycles. The van der Waals surface area contributed by atoms with E-state index in [2.05, 4.69) is 43.0 Å². The van der Waals surface area contributed by atoms with E-state index in [0.29, 0.717) is 6.04 Å². The molecule has 1 saturated carbocycles. The topological polar surface area (TPSA) is 40.5 Å². The summed E-state index contributed by atoms with van der Waals surface area (Å²) in [6.07, 6.45) is 4.30. The molecule has 3 heteroatoms.